The van der Waals surface area contributed by atoms with Crippen LogP contribution in [0.1, 0.15) is 32.1 Å². The van der Waals surface area contributed by atoms with Crippen LogP contribution < -0.4 is 10.6 Å². The minimum Gasteiger partial charge on any atom is -0.381 e. The molecule has 2 N–H and O–H groups in total. The van der Waals surface area contributed by atoms with Crippen LogP contribution in [0.4, 0.5) is 4.39 Å². The van der Waals surface area contributed by atoms with Gasteiger partial charge in [-0.3, -0.25) is 9.59 Å². The highest BCUT2D eigenvalue weighted by atomic mass is 19.1. The Morgan fingerprint density at radius 3 is 2.52 bits per heavy atom. The molecule has 1 aromatic heterocycles. The molecule has 0 spiro atoms. The Morgan fingerprint density at radius 1 is 1.15 bits per heavy atom. The van der Waals surface area contributed by atoms with E-state index in [1.165, 1.54) is 25.2 Å². The standard InChI is InChI=1S/C20H20FN3O3/c1-22-20(26)17-8-12(19(25)24-18-15-9-27-10-16(15)18)7-14(23-17)6-11-2-4-13(21)5-3-11/h2-5,7-8,15-16,18H,6,9-10H2,1H3,(H,22,26)(H,24,25)/t15-,16+,18?. The average molecular weight is 369 g/mol. The van der Waals surface area contributed by atoms with E-state index in [4.69, 9.17) is 4.74 Å². The van der Waals surface area contributed by atoms with Crippen molar-refractivity contribution in [1.29, 1.82) is 0 Å². The van der Waals surface area contributed by atoms with Gasteiger partial charge in [0, 0.05) is 42.6 Å². The number of hydrogen-bond acceptors (Lipinski definition) is 4. The molecule has 2 heterocycles. The zero-order chi connectivity index (χ0) is 19.0. The monoisotopic (exact) mass is 369 g/mol. The van der Waals surface area contributed by atoms with Crippen molar-refractivity contribution in [2.24, 2.45) is 11.8 Å². The van der Waals surface area contributed by atoms with Crippen LogP contribution in [0.15, 0.2) is 36.4 Å². The summed E-state index contributed by atoms with van der Waals surface area (Å²) in [6.07, 6.45) is 0.397. The van der Waals surface area contributed by atoms with Gasteiger partial charge in [-0.2, -0.15) is 0 Å². The smallest absolute Gasteiger partial charge is 0.269 e. The number of nitrogens with zero attached hydrogens (tertiary/aromatic N) is 1. The van der Waals surface area contributed by atoms with E-state index in [9.17, 15) is 14.0 Å². The van der Waals surface area contributed by atoms with Crippen molar-refractivity contribution in [2.45, 2.75) is 12.5 Å². The van der Waals surface area contributed by atoms with Crippen LogP contribution in [0.25, 0.3) is 0 Å². The molecule has 27 heavy (non-hydrogen) atoms. The van der Waals surface area contributed by atoms with E-state index in [0.29, 0.717) is 42.7 Å². The molecule has 4 rings (SSSR count). The molecule has 3 atom stereocenters. The van der Waals surface area contributed by atoms with Crippen LogP contribution in [-0.2, 0) is 11.2 Å². The Labute approximate surface area is 156 Å². The molecule has 1 saturated heterocycles. The van der Waals surface area contributed by atoms with E-state index in [1.807, 2.05) is 0 Å². The highest BCUT2D eigenvalue weighted by Crippen LogP contribution is 2.44. The number of carbonyl (C=O) groups is 2. The predicted octanol–water partition coefficient (Wildman–Crippen LogP) is 1.55. The van der Waals surface area contributed by atoms with Gasteiger partial charge < -0.3 is 15.4 Å². The first-order valence-corrected chi connectivity index (χ1v) is 8.91. The third kappa shape index (κ3) is 3.68. The van der Waals surface area contributed by atoms with Gasteiger partial charge in [0.05, 0.1) is 13.2 Å². The maximum Gasteiger partial charge on any atom is 0.269 e. The number of nitrogens with one attached hydrogen (secondary N) is 2. The van der Waals surface area contributed by atoms with Crippen LogP contribution in [0, 0.1) is 17.7 Å². The molecule has 2 aliphatic rings. The third-order valence-electron chi connectivity index (χ3n) is 5.15. The molecule has 1 aliphatic heterocycles. The first-order valence-electron chi connectivity index (χ1n) is 8.91. The number of ether oxygens (including phenoxy) is 1. The summed E-state index contributed by atoms with van der Waals surface area (Å²) in [5.41, 5.74) is 2.00. The second-order valence-corrected chi connectivity index (χ2v) is 6.98. The number of hydrogen-bond donors (Lipinski definition) is 2. The van der Waals surface area contributed by atoms with Gasteiger partial charge in [-0.05, 0) is 29.8 Å². The number of rotatable bonds is 5. The molecule has 7 heteroatoms. The van der Waals surface area contributed by atoms with Crippen molar-refractivity contribution in [3.8, 4) is 0 Å². The van der Waals surface area contributed by atoms with Crippen molar-refractivity contribution in [3.05, 3.63) is 64.7 Å². The fourth-order valence-corrected chi connectivity index (χ4v) is 3.55. The summed E-state index contributed by atoms with van der Waals surface area (Å²) in [6, 6.07) is 9.39. The summed E-state index contributed by atoms with van der Waals surface area (Å²) >= 11 is 0. The largest absolute Gasteiger partial charge is 0.381 e. The van der Waals surface area contributed by atoms with Crippen LogP contribution in [0.5, 0.6) is 0 Å². The van der Waals surface area contributed by atoms with Gasteiger partial charge in [0.2, 0.25) is 0 Å². The summed E-state index contributed by atoms with van der Waals surface area (Å²) in [4.78, 5) is 29.1. The highest BCUT2D eigenvalue weighted by molar-refractivity contribution is 5.98. The SMILES string of the molecule is CNC(=O)c1cc(C(=O)NC2[C@H]3COC[C@@H]23)cc(Cc2ccc(F)cc2)n1. The quantitative estimate of drug-likeness (QED) is 0.838. The van der Waals surface area contributed by atoms with E-state index in [0.717, 1.165) is 5.56 Å². The minimum atomic E-state index is -0.360. The summed E-state index contributed by atoms with van der Waals surface area (Å²) in [6.45, 7) is 1.37. The van der Waals surface area contributed by atoms with E-state index in [2.05, 4.69) is 15.6 Å². The van der Waals surface area contributed by atoms with Gasteiger partial charge in [-0.1, -0.05) is 12.1 Å². The van der Waals surface area contributed by atoms with Crippen LogP contribution >= 0.6 is 0 Å². The molecule has 1 aromatic carbocycles. The highest BCUT2D eigenvalue weighted by Gasteiger charge is 2.54. The van der Waals surface area contributed by atoms with E-state index in [-0.39, 0.29) is 29.4 Å². The van der Waals surface area contributed by atoms with E-state index in [1.54, 1.807) is 18.2 Å². The Balaban J connectivity index is 1.56. The lowest BCUT2D eigenvalue weighted by atomic mass is 10.1. The van der Waals surface area contributed by atoms with Gasteiger partial charge in [0.25, 0.3) is 11.8 Å². The second kappa shape index (κ2) is 7.08. The lowest BCUT2D eigenvalue weighted by Gasteiger charge is -2.11. The molecule has 2 fully saturated rings. The average Bonchev–Trinajstić information content (AvgIpc) is 3.09. The Kier molecular flexibility index (Phi) is 4.61. The van der Waals surface area contributed by atoms with Crippen LogP contribution in [-0.4, -0.2) is 43.1 Å². The van der Waals surface area contributed by atoms with Crippen LogP contribution in [0.3, 0.4) is 0 Å². The zero-order valence-electron chi connectivity index (χ0n) is 14.9. The van der Waals surface area contributed by atoms with Crippen molar-refractivity contribution in [2.75, 3.05) is 20.3 Å². The van der Waals surface area contributed by atoms with Crippen molar-refractivity contribution in [1.82, 2.24) is 15.6 Å². The van der Waals surface area contributed by atoms with Gasteiger partial charge in [0.15, 0.2) is 0 Å². The fraction of sp³-hybridized carbons (Fsp3) is 0.350. The number of benzene rings is 1. The Morgan fingerprint density at radius 2 is 1.85 bits per heavy atom. The predicted molar refractivity (Wildman–Crippen MR) is 95.9 cm³/mol. The van der Waals surface area contributed by atoms with Crippen molar-refractivity contribution >= 4 is 11.8 Å². The maximum absolute atomic E-state index is 13.1. The molecule has 140 valence electrons. The molecular weight excluding hydrogens is 349 g/mol. The minimum absolute atomic E-state index is 0.142. The summed E-state index contributed by atoms with van der Waals surface area (Å²) in [7, 11) is 1.52. The van der Waals surface area contributed by atoms with E-state index < -0.39 is 0 Å². The molecule has 0 radical (unpaired) electrons. The second-order valence-electron chi connectivity index (χ2n) is 6.98. The number of fused-ring (bicyclic) bond motifs is 1. The molecular formula is C20H20FN3O3. The van der Waals surface area contributed by atoms with Crippen LogP contribution in [0.2, 0.25) is 0 Å². The molecule has 0 bridgehead atoms. The zero-order valence-corrected chi connectivity index (χ0v) is 14.9. The number of halogens is 1. The first kappa shape index (κ1) is 17.6. The first-order chi connectivity index (χ1) is 13.0. The Bertz CT molecular complexity index is 875. The Hall–Kier alpha value is -2.80. The number of pyridine rings is 1. The van der Waals surface area contributed by atoms with Gasteiger partial charge >= 0.3 is 0 Å². The molecule has 1 aliphatic carbocycles. The summed E-state index contributed by atoms with van der Waals surface area (Å²) in [5, 5.41) is 5.56. The van der Waals surface area contributed by atoms with Gasteiger partial charge in [-0.15, -0.1) is 0 Å². The van der Waals surface area contributed by atoms with Crippen molar-refractivity contribution in [3.63, 3.8) is 0 Å². The molecule has 6 nitrogen and oxygen atoms in total. The topological polar surface area (TPSA) is 80.3 Å². The van der Waals surface area contributed by atoms with Gasteiger partial charge in [0.1, 0.15) is 11.5 Å². The van der Waals surface area contributed by atoms with Gasteiger partial charge in [-0.25, -0.2) is 9.37 Å². The third-order valence-corrected chi connectivity index (χ3v) is 5.15. The molecule has 2 aromatic rings. The van der Waals surface area contributed by atoms with Crippen molar-refractivity contribution < 1.29 is 18.7 Å². The number of amides is 2. The molecule has 1 saturated carbocycles. The van der Waals surface area contributed by atoms with E-state index >= 15 is 0 Å². The molecule has 1 unspecified atom stereocenters. The summed E-state index contributed by atoms with van der Waals surface area (Å²) < 4.78 is 18.4. The lowest BCUT2D eigenvalue weighted by Crippen LogP contribution is -2.30. The number of aromatic nitrogens is 1. The number of carbonyl (C=O) groups excluding carboxylic acids is 2. The normalized spacial score (nSPS) is 22.8. The fourth-order valence-electron chi connectivity index (χ4n) is 3.55. The lowest BCUT2D eigenvalue weighted by molar-refractivity contribution is 0.0928. The summed E-state index contributed by atoms with van der Waals surface area (Å²) in [5.74, 6) is -0.102. The molecule has 2 amide bonds. The maximum atomic E-state index is 13.1.